The highest BCUT2D eigenvalue weighted by Crippen LogP contribution is 2.41. The van der Waals surface area contributed by atoms with Crippen LogP contribution in [-0.2, 0) is 6.18 Å². The average molecular weight is 385 g/mol. The van der Waals surface area contributed by atoms with Crippen molar-refractivity contribution < 1.29 is 13.2 Å². The predicted molar refractivity (Wildman–Crippen MR) is 102 cm³/mol. The molecule has 1 N–H and O–H groups in total. The molecule has 0 spiro atoms. The van der Waals surface area contributed by atoms with Crippen molar-refractivity contribution >= 4 is 33.1 Å². The standard InChI is InChI=1S/C20H14F3N3S/c1-12-16(13-6-3-2-4-7-13)17-18(24-11-25-19(17)27-12)26-15-9-5-8-14(10-15)20(21,22)23/h2-11H,1H3,(H,24,25,26). The summed E-state index contributed by atoms with van der Waals surface area (Å²) in [6, 6.07) is 14.9. The van der Waals surface area contributed by atoms with Gasteiger partial charge in [-0.1, -0.05) is 36.4 Å². The molecule has 4 rings (SSSR count). The number of hydrogen-bond acceptors (Lipinski definition) is 4. The third kappa shape index (κ3) is 3.38. The van der Waals surface area contributed by atoms with Crippen LogP contribution < -0.4 is 5.32 Å². The fraction of sp³-hybridized carbons (Fsp3) is 0.100. The van der Waals surface area contributed by atoms with Crippen molar-refractivity contribution in [1.82, 2.24) is 9.97 Å². The summed E-state index contributed by atoms with van der Waals surface area (Å²) in [5.41, 5.74) is 1.63. The zero-order chi connectivity index (χ0) is 19.0. The summed E-state index contributed by atoms with van der Waals surface area (Å²) in [4.78, 5) is 10.5. The van der Waals surface area contributed by atoms with Crippen LogP contribution in [0.4, 0.5) is 24.7 Å². The van der Waals surface area contributed by atoms with Gasteiger partial charge < -0.3 is 5.32 Å². The molecular formula is C20H14F3N3S. The summed E-state index contributed by atoms with van der Waals surface area (Å²) >= 11 is 1.53. The van der Waals surface area contributed by atoms with Gasteiger partial charge in [0.05, 0.1) is 10.9 Å². The van der Waals surface area contributed by atoms with Crippen molar-refractivity contribution in [2.24, 2.45) is 0 Å². The number of hydrogen-bond donors (Lipinski definition) is 1. The number of aryl methyl sites for hydroxylation is 1. The molecule has 0 aliphatic carbocycles. The van der Waals surface area contributed by atoms with Crippen LogP contribution in [-0.4, -0.2) is 9.97 Å². The smallest absolute Gasteiger partial charge is 0.340 e. The van der Waals surface area contributed by atoms with Crippen LogP contribution in [0, 0.1) is 6.92 Å². The van der Waals surface area contributed by atoms with Crippen molar-refractivity contribution in [2.45, 2.75) is 13.1 Å². The quantitative estimate of drug-likeness (QED) is 0.442. The van der Waals surface area contributed by atoms with Crippen LogP contribution in [0.25, 0.3) is 21.3 Å². The monoisotopic (exact) mass is 385 g/mol. The topological polar surface area (TPSA) is 37.8 Å². The maximum atomic E-state index is 13.0. The number of anilines is 2. The number of aromatic nitrogens is 2. The van der Waals surface area contributed by atoms with Gasteiger partial charge in [-0.05, 0) is 30.7 Å². The number of benzene rings is 2. The number of halogens is 3. The van der Waals surface area contributed by atoms with Crippen LogP contribution in [0.3, 0.4) is 0 Å². The van der Waals surface area contributed by atoms with Crippen LogP contribution in [0.15, 0.2) is 60.9 Å². The van der Waals surface area contributed by atoms with Crippen LogP contribution in [0.5, 0.6) is 0 Å². The summed E-state index contributed by atoms with van der Waals surface area (Å²) in [6.45, 7) is 2.00. The van der Waals surface area contributed by atoms with Gasteiger partial charge in [0.1, 0.15) is 17.0 Å². The van der Waals surface area contributed by atoms with E-state index >= 15 is 0 Å². The lowest BCUT2D eigenvalue weighted by Gasteiger charge is -2.11. The third-order valence-corrected chi connectivity index (χ3v) is 5.19. The van der Waals surface area contributed by atoms with Crippen molar-refractivity contribution in [1.29, 1.82) is 0 Å². The number of rotatable bonds is 3. The first-order chi connectivity index (χ1) is 12.9. The molecule has 136 valence electrons. The van der Waals surface area contributed by atoms with Crippen molar-refractivity contribution in [3.05, 3.63) is 71.4 Å². The Kier molecular flexibility index (Phi) is 4.31. The molecule has 0 saturated heterocycles. The van der Waals surface area contributed by atoms with E-state index in [9.17, 15) is 13.2 Å². The van der Waals surface area contributed by atoms with Gasteiger partial charge >= 0.3 is 6.18 Å². The molecule has 0 atom stereocenters. The maximum Gasteiger partial charge on any atom is 0.416 e. The first-order valence-corrected chi connectivity index (χ1v) is 8.99. The van der Waals surface area contributed by atoms with E-state index < -0.39 is 11.7 Å². The second-order valence-corrected chi connectivity index (χ2v) is 7.21. The fourth-order valence-electron chi connectivity index (χ4n) is 3.00. The number of alkyl halides is 3. The Bertz CT molecular complexity index is 1100. The summed E-state index contributed by atoms with van der Waals surface area (Å²) in [5.74, 6) is 0.488. The van der Waals surface area contributed by atoms with Gasteiger partial charge in [0.25, 0.3) is 0 Å². The Morgan fingerprint density at radius 2 is 1.74 bits per heavy atom. The van der Waals surface area contributed by atoms with Crippen LogP contribution in [0.1, 0.15) is 10.4 Å². The molecule has 0 saturated carbocycles. The molecule has 0 unspecified atom stereocenters. The van der Waals surface area contributed by atoms with E-state index in [0.29, 0.717) is 11.5 Å². The van der Waals surface area contributed by atoms with E-state index in [1.54, 1.807) is 6.07 Å². The summed E-state index contributed by atoms with van der Waals surface area (Å²) in [5, 5.41) is 3.85. The zero-order valence-electron chi connectivity index (χ0n) is 14.2. The molecule has 0 bridgehead atoms. The highest BCUT2D eigenvalue weighted by atomic mass is 32.1. The van der Waals surface area contributed by atoms with Gasteiger partial charge in [-0.15, -0.1) is 11.3 Å². The molecule has 3 nitrogen and oxygen atoms in total. The Balaban J connectivity index is 1.84. The molecular weight excluding hydrogens is 371 g/mol. The summed E-state index contributed by atoms with van der Waals surface area (Å²) in [6.07, 6.45) is -2.98. The van der Waals surface area contributed by atoms with Gasteiger partial charge in [0.15, 0.2) is 0 Å². The predicted octanol–water partition coefficient (Wildman–Crippen LogP) is 6.43. The van der Waals surface area contributed by atoms with Crippen molar-refractivity contribution in [3.8, 4) is 11.1 Å². The highest BCUT2D eigenvalue weighted by molar-refractivity contribution is 7.19. The minimum absolute atomic E-state index is 0.327. The highest BCUT2D eigenvalue weighted by Gasteiger charge is 2.30. The van der Waals surface area contributed by atoms with E-state index in [1.807, 2.05) is 37.3 Å². The van der Waals surface area contributed by atoms with Gasteiger partial charge in [-0.2, -0.15) is 13.2 Å². The first kappa shape index (κ1) is 17.5. The van der Waals surface area contributed by atoms with E-state index in [1.165, 1.54) is 23.7 Å². The number of nitrogens with zero attached hydrogens (tertiary/aromatic N) is 2. The molecule has 0 radical (unpaired) electrons. The number of fused-ring (bicyclic) bond motifs is 1. The lowest BCUT2D eigenvalue weighted by Crippen LogP contribution is -2.05. The Labute approximate surface area is 157 Å². The molecule has 0 amide bonds. The van der Waals surface area contributed by atoms with E-state index in [2.05, 4.69) is 15.3 Å². The SMILES string of the molecule is Cc1sc2ncnc(Nc3cccc(C(F)(F)F)c3)c2c1-c1ccccc1. The van der Waals surface area contributed by atoms with E-state index in [-0.39, 0.29) is 0 Å². The van der Waals surface area contributed by atoms with Gasteiger partial charge in [0.2, 0.25) is 0 Å². The zero-order valence-corrected chi connectivity index (χ0v) is 15.0. The summed E-state index contributed by atoms with van der Waals surface area (Å²) < 4.78 is 39.0. The molecule has 2 aromatic carbocycles. The van der Waals surface area contributed by atoms with E-state index in [0.717, 1.165) is 38.4 Å². The second-order valence-electron chi connectivity index (χ2n) is 6.01. The molecule has 2 heterocycles. The molecule has 0 fully saturated rings. The van der Waals surface area contributed by atoms with Crippen LogP contribution in [0.2, 0.25) is 0 Å². The van der Waals surface area contributed by atoms with E-state index in [4.69, 9.17) is 0 Å². The lowest BCUT2D eigenvalue weighted by atomic mass is 10.0. The minimum Gasteiger partial charge on any atom is -0.340 e. The lowest BCUT2D eigenvalue weighted by molar-refractivity contribution is -0.137. The van der Waals surface area contributed by atoms with Crippen molar-refractivity contribution in [3.63, 3.8) is 0 Å². The Morgan fingerprint density at radius 3 is 2.48 bits per heavy atom. The van der Waals surface area contributed by atoms with Gasteiger partial charge in [-0.25, -0.2) is 9.97 Å². The van der Waals surface area contributed by atoms with Gasteiger partial charge in [0, 0.05) is 16.1 Å². The third-order valence-electron chi connectivity index (χ3n) is 4.18. The molecule has 7 heteroatoms. The van der Waals surface area contributed by atoms with Gasteiger partial charge in [-0.3, -0.25) is 0 Å². The number of thiophene rings is 1. The second kappa shape index (κ2) is 6.66. The minimum atomic E-state index is -4.40. The first-order valence-electron chi connectivity index (χ1n) is 8.17. The molecule has 0 aliphatic heterocycles. The maximum absolute atomic E-state index is 13.0. The summed E-state index contributed by atoms with van der Waals surface area (Å²) in [7, 11) is 0. The molecule has 4 aromatic rings. The average Bonchev–Trinajstić information content (AvgIpc) is 2.99. The molecule has 27 heavy (non-hydrogen) atoms. The van der Waals surface area contributed by atoms with Crippen LogP contribution >= 0.6 is 11.3 Å². The Morgan fingerprint density at radius 1 is 0.963 bits per heavy atom. The Hall–Kier alpha value is -2.93. The fourth-order valence-corrected chi connectivity index (χ4v) is 4.01. The molecule has 0 aliphatic rings. The van der Waals surface area contributed by atoms with Crippen molar-refractivity contribution in [2.75, 3.05) is 5.32 Å². The normalized spacial score (nSPS) is 11.7. The molecule has 2 aromatic heterocycles. The largest absolute Gasteiger partial charge is 0.416 e. The number of nitrogens with one attached hydrogen (secondary N) is 1.